The first-order valence-corrected chi connectivity index (χ1v) is 15.6. The van der Waals surface area contributed by atoms with Gasteiger partial charge < -0.3 is 24.5 Å². The number of aliphatic hydroxyl groups is 1. The standard InChI is InChI=1S/C33H44N4O4/c1-35-30-21-34-24(19-22-13-14-23(20-31(22)41-2)32(39)36-17-15-26(38)16-18-36)7-5-12-29(30)37(25-8-3-4-9-25)28-11-6-10-27(28)33(35)40/h7,13-14,20-21,25-28,38H,3-6,8-12,15-19H2,1-2H3/b24-7+,34-21?. The van der Waals surface area contributed by atoms with Gasteiger partial charge in [0.2, 0.25) is 5.91 Å². The monoisotopic (exact) mass is 560 g/mol. The van der Waals surface area contributed by atoms with Crippen molar-refractivity contribution in [2.45, 2.75) is 95.2 Å². The smallest absolute Gasteiger partial charge is 0.253 e. The molecule has 3 aliphatic heterocycles. The Morgan fingerprint density at radius 3 is 2.61 bits per heavy atom. The van der Waals surface area contributed by atoms with Crippen LogP contribution >= 0.6 is 0 Å². The minimum absolute atomic E-state index is 0.0259. The predicted octanol–water partition coefficient (Wildman–Crippen LogP) is 4.68. The molecule has 1 aromatic carbocycles. The second-order valence-corrected chi connectivity index (χ2v) is 12.4. The Labute approximate surface area is 243 Å². The molecular formula is C33H44N4O4. The summed E-state index contributed by atoms with van der Waals surface area (Å²) in [6.45, 7) is 1.14. The number of amides is 2. The highest BCUT2D eigenvalue weighted by atomic mass is 16.5. The maximum absolute atomic E-state index is 13.6. The minimum Gasteiger partial charge on any atom is -0.496 e. The van der Waals surface area contributed by atoms with E-state index in [1.54, 1.807) is 7.11 Å². The molecule has 0 aromatic heterocycles. The Morgan fingerprint density at radius 2 is 1.85 bits per heavy atom. The van der Waals surface area contributed by atoms with Crippen LogP contribution in [0.2, 0.25) is 0 Å². The summed E-state index contributed by atoms with van der Waals surface area (Å²) in [4.78, 5) is 38.1. The summed E-state index contributed by atoms with van der Waals surface area (Å²) < 4.78 is 5.73. The van der Waals surface area contributed by atoms with Crippen molar-refractivity contribution >= 4 is 18.0 Å². The Balaban J connectivity index is 1.24. The van der Waals surface area contributed by atoms with Crippen LogP contribution in [0.1, 0.15) is 86.6 Å². The number of likely N-dealkylation sites (tertiary alicyclic amines) is 1. The number of fused-ring (bicyclic) bond motifs is 1. The van der Waals surface area contributed by atoms with Gasteiger partial charge >= 0.3 is 0 Å². The fraction of sp³-hybridized carbons (Fsp3) is 0.606. The van der Waals surface area contributed by atoms with Crippen LogP contribution in [0.25, 0.3) is 0 Å². The molecule has 2 atom stereocenters. The molecule has 1 saturated heterocycles. The quantitative estimate of drug-likeness (QED) is 0.565. The molecule has 0 bridgehead atoms. The predicted molar refractivity (Wildman–Crippen MR) is 159 cm³/mol. The average molecular weight is 561 g/mol. The van der Waals surface area contributed by atoms with Gasteiger partial charge in [-0.25, -0.2) is 0 Å². The number of carbonyl (C=O) groups excluding carboxylic acids is 2. The van der Waals surface area contributed by atoms with E-state index in [0.29, 0.717) is 55.7 Å². The number of benzene rings is 1. The molecule has 41 heavy (non-hydrogen) atoms. The molecule has 8 heteroatoms. The van der Waals surface area contributed by atoms with Crippen molar-refractivity contribution in [1.29, 1.82) is 0 Å². The van der Waals surface area contributed by atoms with Crippen LogP contribution in [-0.2, 0) is 11.2 Å². The molecule has 2 amide bonds. The molecule has 3 fully saturated rings. The normalized spacial score (nSPS) is 27.2. The molecular weight excluding hydrogens is 516 g/mol. The number of aliphatic hydroxyl groups excluding tert-OH is 1. The number of methoxy groups -OCH3 is 1. The molecule has 0 radical (unpaired) electrons. The lowest BCUT2D eigenvalue weighted by molar-refractivity contribution is -0.132. The lowest BCUT2D eigenvalue weighted by Crippen LogP contribution is -2.44. The van der Waals surface area contributed by atoms with Crippen LogP contribution in [0.4, 0.5) is 0 Å². The van der Waals surface area contributed by atoms with Gasteiger partial charge in [-0.1, -0.05) is 31.4 Å². The van der Waals surface area contributed by atoms with Crippen molar-refractivity contribution in [3.05, 3.63) is 52.5 Å². The van der Waals surface area contributed by atoms with Crippen LogP contribution in [0, 0.1) is 5.92 Å². The molecule has 1 N–H and O–H groups in total. The fourth-order valence-corrected chi connectivity index (χ4v) is 7.71. The van der Waals surface area contributed by atoms with Gasteiger partial charge in [-0.2, -0.15) is 0 Å². The van der Waals surface area contributed by atoms with Gasteiger partial charge in [0.25, 0.3) is 5.91 Å². The first-order valence-electron chi connectivity index (χ1n) is 15.6. The Morgan fingerprint density at radius 1 is 1.07 bits per heavy atom. The highest BCUT2D eigenvalue weighted by Crippen LogP contribution is 2.43. The van der Waals surface area contributed by atoms with Crippen LogP contribution < -0.4 is 4.74 Å². The number of hydrogen-bond acceptors (Lipinski definition) is 6. The van der Waals surface area contributed by atoms with Crippen LogP contribution in [-0.4, -0.2) is 83.3 Å². The Kier molecular flexibility index (Phi) is 8.20. The number of carbonyl (C=O) groups is 2. The fourth-order valence-electron chi connectivity index (χ4n) is 7.71. The van der Waals surface area contributed by atoms with Gasteiger partial charge in [0, 0.05) is 61.2 Å². The summed E-state index contributed by atoms with van der Waals surface area (Å²) in [5.74, 6) is 0.966. The zero-order valence-corrected chi connectivity index (χ0v) is 24.6. The summed E-state index contributed by atoms with van der Waals surface area (Å²) in [5, 5.41) is 9.80. The summed E-state index contributed by atoms with van der Waals surface area (Å²) in [6, 6.07) is 6.51. The summed E-state index contributed by atoms with van der Waals surface area (Å²) in [5.41, 5.74) is 4.77. The molecule has 6 rings (SSSR count). The molecule has 220 valence electrons. The van der Waals surface area contributed by atoms with E-state index in [4.69, 9.17) is 9.73 Å². The van der Waals surface area contributed by atoms with Crippen molar-refractivity contribution in [2.75, 3.05) is 27.2 Å². The van der Waals surface area contributed by atoms with Gasteiger partial charge in [-0.15, -0.1) is 0 Å². The van der Waals surface area contributed by atoms with E-state index in [1.807, 2.05) is 41.3 Å². The average Bonchev–Trinajstić information content (AvgIpc) is 3.67. The molecule has 2 unspecified atom stereocenters. The van der Waals surface area contributed by atoms with E-state index in [0.717, 1.165) is 49.1 Å². The van der Waals surface area contributed by atoms with Gasteiger partial charge in [0.1, 0.15) is 5.75 Å². The largest absolute Gasteiger partial charge is 0.496 e. The summed E-state index contributed by atoms with van der Waals surface area (Å²) in [6.07, 6.45) is 15.6. The molecule has 8 nitrogen and oxygen atoms in total. The highest BCUT2D eigenvalue weighted by molar-refractivity contribution is 5.95. The zero-order valence-electron chi connectivity index (χ0n) is 24.6. The van der Waals surface area contributed by atoms with E-state index < -0.39 is 0 Å². The van der Waals surface area contributed by atoms with Gasteiger partial charge in [-0.3, -0.25) is 14.6 Å². The third-order valence-electron chi connectivity index (χ3n) is 9.94. The van der Waals surface area contributed by atoms with Gasteiger partial charge in [0.15, 0.2) is 0 Å². The molecule has 5 aliphatic rings. The third-order valence-corrected chi connectivity index (χ3v) is 9.94. The number of nitrogens with zero attached hydrogens (tertiary/aromatic N) is 4. The van der Waals surface area contributed by atoms with E-state index in [2.05, 4.69) is 11.0 Å². The molecule has 2 saturated carbocycles. The Hall–Kier alpha value is -3.13. The molecule has 3 heterocycles. The number of ether oxygens (including phenoxy) is 1. The maximum Gasteiger partial charge on any atom is 0.253 e. The second-order valence-electron chi connectivity index (χ2n) is 12.4. The van der Waals surface area contributed by atoms with Crippen LogP contribution in [0.3, 0.4) is 0 Å². The van der Waals surface area contributed by atoms with E-state index >= 15 is 0 Å². The number of allylic oxidation sites excluding steroid dienone is 4. The SMILES string of the molecule is COc1cc(C(=O)N2CCC(O)CC2)ccc1C/C1=C\CCC2=C(C=N1)N(C)C(=O)C1CCCC1N2C1CCCC1. The van der Waals surface area contributed by atoms with Crippen molar-refractivity contribution in [3.8, 4) is 5.75 Å². The Bertz CT molecular complexity index is 1260. The molecule has 0 spiro atoms. The number of piperidine rings is 1. The lowest BCUT2D eigenvalue weighted by Gasteiger charge is -2.39. The van der Waals surface area contributed by atoms with Crippen LogP contribution in [0.5, 0.6) is 5.75 Å². The topological polar surface area (TPSA) is 85.7 Å². The molecule has 2 aliphatic carbocycles. The zero-order chi connectivity index (χ0) is 28.5. The van der Waals surface area contributed by atoms with Crippen molar-refractivity contribution in [1.82, 2.24) is 14.7 Å². The van der Waals surface area contributed by atoms with Gasteiger partial charge in [-0.05, 0) is 63.5 Å². The highest BCUT2D eigenvalue weighted by Gasteiger charge is 2.45. The number of rotatable bonds is 5. The van der Waals surface area contributed by atoms with Crippen molar-refractivity contribution in [2.24, 2.45) is 10.9 Å². The third kappa shape index (κ3) is 5.55. The summed E-state index contributed by atoms with van der Waals surface area (Å²) >= 11 is 0. The number of aliphatic imine (C=N–C) groups is 1. The minimum atomic E-state index is -0.318. The molecule has 1 aromatic rings. The van der Waals surface area contributed by atoms with Crippen LogP contribution in [0.15, 0.2) is 46.4 Å². The van der Waals surface area contributed by atoms with Crippen molar-refractivity contribution in [3.63, 3.8) is 0 Å². The van der Waals surface area contributed by atoms with Gasteiger partial charge in [0.05, 0.1) is 31.0 Å². The van der Waals surface area contributed by atoms with E-state index in [-0.39, 0.29) is 23.8 Å². The summed E-state index contributed by atoms with van der Waals surface area (Å²) in [7, 11) is 3.57. The second kappa shape index (κ2) is 12.0. The first-order chi connectivity index (χ1) is 19.9. The van der Waals surface area contributed by atoms with Crippen molar-refractivity contribution < 1.29 is 19.4 Å². The lowest BCUT2D eigenvalue weighted by atomic mass is 9.97. The number of hydrogen-bond donors (Lipinski definition) is 1. The van der Waals surface area contributed by atoms with E-state index in [9.17, 15) is 14.7 Å². The maximum atomic E-state index is 13.6. The van der Waals surface area contributed by atoms with E-state index in [1.165, 1.54) is 31.4 Å². The first kappa shape index (κ1) is 28.0.